The molecule has 1 aromatic rings. The van der Waals surface area contributed by atoms with Gasteiger partial charge in [0.15, 0.2) is 5.17 Å². The van der Waals surface area contributed by atoms with Gasteiger partial charge in [0, 0.05) is 31.9 Å². The molecule has 8 heteroatoms. The number of benzene rings is 1. The Bertz CT molecular complexity index is 965. The monoisotopic (exact) mass is 454 g/mol. The summed E-state index contributed by atoms with van der Waals surface area (Å²) in [6.45, 7) is 8.48. The number of amides is 1. The summed E-state index contributed by atoms with van der Waals surface area (Å²) in [5.41, 5.74) is 3.13. The van der Waals surface area contributed by atoms with Crippen LogP contribution in [-0.2, 0) is 14.3 Å². The summed E-state index contributed by atoms with van der Waals surface area (Å²) in [7, 11) is 1.40. The lowest BCUT2D eigenvalue weighted by Gasteiger charge is -2.38. The molecule has 0 aliphatic carbocycles. The number of carbonyl (C=O) groups excluding carboxylic acids is 2. The van der Waals surface area contributed by atoms with Crippen LogP contribution in [0.1, 0.15) is 38.3 Å². The van der Waals surface area contributed by atoms with Gasteiger partial charge in [0.25, 0.3) is 0 Å². The van der Waals surface area contributed by atoms with Gasteiger partial charge in [-0.05, 0) is 23.9 Å². The maximum absolute atomic E-state index is 13.1. The third kappa shape index (κ3) is 4.34. The smallest absolute Gasteiger partial charge is 0.338 e. The number of thioether (sulfide) groups is 1. The molecule has 3 aliphatic rings. The Morgan fingerprint density at radius 1 is 1.12 bits per heavy atom. The third-order valence-electron chi connectivity index (χ3n) is 6.25. The maximum Gasteiger partial charge on any atom is 0.338 e. The fourth-order valence-electron chi connectivity index (χ4n) is 4.44. The number of piperazine rings is 1. The highest BCUT2D eigenvalue weighted by molar-refractivity contribution is 8.16. The van der Waals surface area contributed by atoms with E-state index < -0.39 is 0 Å². The van der Waals surface area contributed by atoms with Crippen LogP contribution in [0.4, 0.5) is 0 Å². The molecule has 0 radical (unpaired) electrons. The predicted molar refractivity (Wildman–Crippen MR) is 127 cm³/mol. The van der Waals surface area contributed by atoms with E-state index in [4.69, 9.17) is 9.73 Å². The largest absolute Gasteiger partial charge is 0.466 e. The number of hydrogen-bond acceptors (Lipinski definition) is 7. The summed E-state index contributed by atoms with van der Waals surface area (Å²) in [4.78, 5) is 37.1. The molecule has 0 spiro atoms. The number of hydrogen-bond donors (Lipinski definition) is 0. The first kappa shape index (κ1) is 22.6. The average Bonchev–Trinajstić information content (AvgIpc) is 3.24. The lowest BCUT2D eigenvalue weighted by molar-refractivity contribution is -0.136. The molecular formula is C24H30N4O3S. The average molecular weight is 455 g/mol. The van der Waals surface area contributed by atoms with Crippen molar-refractivity contribution in [2.45, 2.75) is 32.7 Å². The third-order valence-corrected chi connectivity index (χ3v) is 7.14. The Morgan fingerprint density at radius 3 is 2.47 bits per heavy atom. The molecule has 3 heterocycles. The second-order valence-corrected chi connectivity index (χ2v) is 8.84. The van der Waals surface area contributed by atoms with Crippen molar-refractivity contribution in [3.05, 3.63) is 58.3 Å². The SMILES string of the molecule is CCC1=C(C(=O)OC)[C@H](c2ccccc2)N2C(CC(=O)N3CCN(CC)CC3)=CSC2=N1. The van der Waals surface area contributed by atoms with Gasteiger partial charge < -0.3 is 19.4 Å². The second-order valence-electron chi connectivity index (χ2n) is 8.00. The molecule has 0 saturated carbocycles. The second kappa shape index (κ2) is 9.92. The Morgan fingerprint density at radius 2 is 1.84 bits per heavy atom. The molecule has 0 bridgehead atoms. The van der Waals surface area contributed by atoms with Gasteiger partial charge in [0.05, 0.1) is 30.8 Å². The molecule has 0 unspecified atom stereocenters. The number of nitrogens with zero attached hydrogens (tertiary/aromatic N) is 4. The number of likely N-dealkylation sites (N-methyl/N-ethyl adjacent to an activating group) is 1. The molecule has 1 saturated heterocycles. The van der Waals surface area contributed by atoms with Crippen LogP contribution in [0.5, 0.6) is 0 Å². The molecule has 3 aliphatic heterocycles. The van der Waals surface area contributed by atoms with Crippen LogP contribution in [0, 0.1) is 0 Å². The van der Waals surface area contributed by atoms with Crippen LogP contribution >= 0.6 is 11.8 Å². The maximum atomic E-state index is 13.1. The Labute approximate surface area is 193 Å². The van der Waals surface area contributed by atoms with Gasteiger partial charge >= 0.3 is 5.97 Å². The zero-order valence-corrected chi connectivity index (χ0v) is 19.7. The van der Waals surface area contributed by atoms with Crippen molar-refractivity contribution in [3.63, 3.8) is 0 Å². The van der Waals surface area contributed by atoms with E-state index in [1.807, 2.05) is 52.5 Å². The molecule has 0 aromatic heterocycles. The summed E-state index contributed by atoms with van der Waals surface area (Å²) < 4.78 is 5.16. The minimum Gasteiger partial charge on any atom is -0.466 e. The highest BCUT2D eigenvalue weighted by Crippen LogP contribution is 2.45. The Kier molecular flexibility index (Phi) is 7.01. The predicted octanol–water partition coefficient (Wildman–Crippen LogP) is 3.38. The normalized spacial score (nSPS) is 21.3. The highest BCUT2D eigenvalue weighted by atomic mass is 32.2. The zero-order chi connectivity index (χ0) is 22.7. The number of ether oxygens (including phenoxy) is 1. The molecular weight excluding hydrogens is 424 g/mol. The molecule has 7 nitrogen and oxygen atoms in total. The molecule has 1 amide bonds. The van der Waals surface area contributed by atoms with Crippen molar-refractivity contribution in [1.29, 1.82) is 0 Å². The molecule has 1 aromatic carbocycles. The minimum absolute atomic E-state index is 0.116. The molecule has 1 atom stereocenters. The topological polar surface area (TPSA) is 65.5 Å². The summed E-state index contributed by atoms with van der Waals surface area (Å²) in [5, 5.41) is 2.81. The molecule has 170 valence electrons. The number of carbonyl (C=O) groups is 2. The van der Waals surface area contributed by atoms with E-state index in [1.54, 1.807) is 0 Å². The van der Waals surface area contributed by atoms with Gasteiger partial charge in [-0.15, -0.1) is 0 Å². The molecule has 4 rings (SSSR count). The van der Waals surface area contributed by atoms with Crippen LogP contribution in [0.2, 0.25) is 0 Å². The van der Waals surface area contributed by atoms with Gasteiger partial charge in [0.1, 0.15) is 0 Å². The van der Waals surface area contributed by atoms with Crippen molar-refractivity contribution in [2.75, 3.05) is 39.8 Å². The van der Waals surface area contributed by atoms with Crippen molar-refractivity contribution >= 4 is 28.8 Å². The van der Waals surface area contributed by atoms with Gasteiger partial charge in [-0.25, -0.2) is 9.79 Å². The summed E-state index contributed by atoms with van der Waals surface area (Å²) in [5.74, 6) is -0.262. The van der Waals surface area contributed by atoms with E-state index in [0.717, 1.165) is 54.8 Å². The minimum atomic E-state index is -0.378. The number of allylic oxidation sites excluding steroid dienone is 1. The fourth-order valence-corrected chi connectivity index (χ4v) is 5.38. The first-order chi connectivity index (χ1) is 15.6. The number of methoxy groups -OCH3 is 1. The Hall–Kier alpha value is -2.58. The van der Waals surface area contributed by atoms with Gasteiger partial charge in [-0.1, -0.05) is 55.9 Å². The van der Waals surface area contributed by atoms with E-state index in [0.29, 0.717) is 12.0 Å². The lowest BCUT2D eigenvalue weighted by Crippen LogP contribution is -2.49. The van der Waals surface area contributed by atoms with E-state index >= 15 is 0 Å². The summed E-state index contributed by atoms with van der Waals surface area (Å²) >= 11 is 1.51. The van der Waals surface area contributed by atoms with E-state index in [-0.39, 0.29) is 24.3 Å². The van der Waals surface area contributed by atoms with Crippen molar-refractivity contribution in [2.24, 2.45) is 4.99 Å². The van der Waals surface area contributed by atoms with Crippen LogP contribution in [0.15, 0.2) is 57.7 Å². The van der Waals surface area contributed by atoms with Crippen molar-refractivity contribution in [3.8, 4) is 0 Å². The molecule has 0 N–H and O–H groups in total. The van der Waals surface area contributed by atoms with Crippen molar-refractivity contribution in [1.82, 2.24) is 14.7 Å². The Balaban J connectivity index is 1.63. The van der Waals surface area contributed by atoms with Crippen molar-refractivity contribution < 1.29 is 14.3 Å². The number of rotatable bonds is 6. The van der Waals surface area contributed by atoms with Gasteiger partial charge in [0.2, 0.25) is 5.91 Å². The fraction of sp³-hybridized carbons (Fsp3) is 0.458. The number of amidine groups is 1. The first-order valence-electron chi connectivity index (χ1n) is 11.2. The van der Waals surface area contributed by atoms with Gasteiger partial charge in [-0.2, -0.15) is 0 Å². The molecule has 32 heavy (non-hydrogen) atoms. The number of aliphatic imine (C=N–C) groups is 1. The number of fused-ring (bicyclic) bond motifs is 1. The zero-order valence-electron chi connectivity index (χ0n) is 18.9. The summed E-state index contributed by atoms with van der Waals surface area (Å²) in [6, 6.07) is 9.54. The lowest BCUT2D eigenvalue weighted by atomic mass is 9.93. The van der Waals surface area contributed by atoms with Crippen LogP contribution in [-0.4, -0.2) is 71.6 Å². The van der Waals surface area contributed by atoms with E-state index in [9.17, 15) is 9.59 Å². The number of esters is 1. The quantitative estimate of drug-likeness (QED) is 0.614. The summed E-state index contributed by atoms with van der Waals surface area (Å²) in [6.07, 6.45) is 0.916. The van der Waals surface area contributed by atoms with Crippen LogP contribution < -0.4 is 0 Å². The molecule has 1 fully saturated rings. The van der Waals surface area contributed by atoms with E-state index in [2.05, 4.69) is 11.8 Å². The van der Waals surface area contributed by atoms with E-state index in [1.165, 1.54) is 18.9 Å². The first-order valence-corrected chi connectivity index (χ1v) is 12.0. The standard InChI is InChI=1S/C24H30N4O3S/c1-4-19-21(23(30)31-3)22(17-9-7-6-8-10-17)28-18(16-32-24(28)25-19)15-20(29)27-13-11-26(5-2)12-14-27/h6-10,16,22H,4-5,11-15H2,1-3H3/t22-/m0/s1. The van der Waals surface area contributed by atoms with Crippen LogP contribution in [0.3, 0.4) is 0 Å². The van der Waals surface area contributed by atoms with Crippen LogP contribution in [0.25, 0.3) is 0 Å². The highest BCUT2D eigenvalue weighted by Gasteiger charge is 2.41. The van der Waals surface area contributed by atoms with Gasteiger partial charge in [-0.3, -0.25) is 4.79 Å².